The first kappa shape index (κ1) is 17.0. The van der Waals surface area contributed by atoms with Crippen LogP contribution >= 0.6 is 0 Å². The van der Waals surface area contributed by atoms with Crippen LogP contribution in [0.2, 0.25) is 0 Å². The Balaban J connectivity index is 1.81. The molecule has 2 aromatic heterocycles. The number of benzene rings is 2. The van der Waals surface area contributed by atoms with E-state index in [9.17, 15) is 18.0 Å². The van der Waals surface area contributed by atoms with Gasteiger partial charge in [0.25, 0.3) is 5.56 Å². The molecule has 27 heavy (non-hydrogen) atoms. The third-order valence-electron chi connectivity index (χ3n) is 4.06. The van der Waals surface area contributed by atoms with Gasteiger partial charge in [-0.2, -0.15) is 0 Å². The summed E-state index contributed by atoms with van der Waals surface area (Å²) in [4.78, 5) is 16.9. The third-order valence-corrected chi connectivity index (χ3v) is 4.06. The van der Waals surface area contributed by atoms with Gasteiger partial charge in [0, 0.05) is 17.6 Å². The highest BCUT2D eigenvalue weighted by Gasteiger charge is 2.31. The van der Waals surface area contributed by atoms with Crippen molar-refractivity contribution >= 4 is 21.8 Å². The number of alkyl halides is 3. The van der Waals surface area contributed by atoms with Gasteiger partial charge >= 0.3 is 6.36 Å². The number of H-pyrrole nitrogens is 1. The molecule has 0 bridgehead atoms. The molecule has 0 spiro atoms. The molecule has 6 nitrogen and oxygen atoms in total. The summed E-state index contributed by atoms with van der Waals surface area (Å²) in [6.45, 7) is 0. The normalized spacial score (nSPS) is 11.9. The Kier molecular flexibility index (Phi) is 3.79. The second-order valence-electron chi connectivity index (χ2n) is 5.72. The molecular formula is C18H12F3N3O3. The van der Waals surface area contributed by atoms with E-state index in [2.05, 4.69) is 14.8 Å². The van der Waals surface area contributed by atoms with Crippen molar-refractivity contribution in [2.24, 2.45) is 0 Å². The maximum atomic E-state index is 12.7. The topological polar surface area (TPSA) is 69.1 Å². The Hall–Kier alpha value is -3.49. The minimum Gasteiger partial charge on any atom is -0.497 e. The quantitative estimate of drug-likeness (QED) is 0.592. The van der Waals surface area contributed by atoms with Crippen LogP contribution in [0.4, 0.5) is 13.2 Å². The summed E-state index contributed by atoms with van der Waals surface area (Å²) in [7, 11) is 1.55. The SMILES string of the molecule is COc1ccc2c(c1)ncc1c(=O)n(-c3ccc(OC(F)(F)F)cc3)[nH]c12. The number of rotatable bonds is 3. The number of aromatic nitrogens is 3. The summed E-state index contributed by atoms with van der Waals surface area (Å²) in [6, 6.07) is 10.3. The van der Waals surface area contributed by atoms with E-state index >= 15 is 0 Å². The van der Waals surface area contributed by atoms with E-state index in [0.717, 1.165) is 17.5 Å². The van der Waals surface area contributed by atoms with Crippen molar-refractivity contribution in [3.05, 3.63) is 59.0 Å². The summed E-state index contributed by atoms with van der Waals surface area (Å²) < 4.78 is 47.1. The molecule has 138 valence electrons. The van der Waals surface area contributed by atoms with Crippen molar-refractivity contribution in [2.75, 3.05) is 7.11 Å². The van der Waals surface area contributed by atoms with Gasteiger partial charge in [-0.3, -0.25) is 14.9 Å². The second kappa shape index (κ2) is 6.04. The molecule has 0 atom stereocenters. The van der Waals surface area contributed by atoms with Crippen molar-refractivity contribution in [3.63, 3.8) is 0 Å². The maximum Gasteiger partial charge on any atom is 0.573 e. The van der Waals surface area contributed by atoms with Gasteiger partial charge in [0.05, 0.1) is 29.2 Å². The average Bonchev–Trinajstić information content (AvgIpc) is 2.97. The maximum absolute atomic E-state index is 12.7. The number of nitrogens with zero attached hydrogens (tertiary/aromatic N) is 2. The van der Waals surface area contributed by atoms with Crippen molar-refractivity contribution in [3.8, 4) is 17.2 Å². The van der Waals surface area contributed by atoms with Crippen LogP contribution in [-0.2, 0) is 0 Å². The van der Waals surface area contributed by atoms with Crippen LogP contribution < -0.4 is 15.0 Å². The summed E-state index contributed by atoms with van der Waals surface area (Å²) >= 11 is 0. The first-order valence-electron chi connectivity index (χ1n) is 7.79. The Morgan fingerprint density at radius 3 is 2.41 bits per heavy atom. The number of aromatic amines is 1. The van der Waals surface area contributed by atoms with E-state index in [1.807, 2.05) is 0 Å². The monoisotopic (exact) mass is 375 g/mol. The largest absolute Gasteiger partial charge is 0.573 e. The van der Waals surface area contributed by atoms with Crippen LogP contribution in [0.1, 0.15) is 0 Å². The smallest absolute Gasteiger partial charge is 0.497 e. The minimum atomic E-state index is -4.77. The van der Waals surface area contributed by atoms with Crippen LogP contribution in [-0.4, -0.2) is 28.2 Å². The molecule has 0 radical (unpaired) electrons. The molecule has 0 saturated heterocycles. The fourth-order valence-electron chi connectivity index (χ4n) is 2.84. The Labute approximate surface area is 149 Å². The number of pyridine rings is 1. The number of halogens is 3. The molecule has 0 saturated carbocycles. The van der Waals surface area contributed by atoms with E-state index < -0.39 is 6.36 Å². The summed E-state index contributed by atoms with van der Waals surface area (Å²) in [6.07, 6.45) is -3.32. The Morgan fingerprint density at radius 2 is 1.74 bits per heavy atom. The molecular weight excluding hydrogens is 363 g/mol. The van der Waals surface area contributed by atoms with Crippen LogP contribution in [0.25, 0.3) is 27.5 Å². The van der Waals surface area contributed by atoms with E-state index in [1.54, 1.807) is 25.3 Å². The summed E-state index contributed by atoms with van der Waals surface area (Å²) in [5, 5.41) is 4.08. The number of ether oxygens (including phenoxy) is 2. The molecule has 0 aliphatic carbocycles. The lowest BCUT2D eigenvalue weighted by Crippen LogP contribution is -2.17. The highest BCUT2D eigenvalue weighted by Crippen LogP contribution is 2.26. The lowest BCUT2D eigenvalue weighted by atomic mass is 10.1. The molecule has 4 rings (SSSR count). The minimum absolute atomic E-state index is 0.361. The van der Waals surface area contributed by atoms with Crippen molar-refractivity contribution in [1.29, 1.82) is 0 Å². The summed E-state index contributed by atoms with van der Waals surface area (Å²) in [5.74, 6) is 0.269. The number of hydrogen-bond donors (Lipinski definition) is 1. The molecule has 2 aromatic carbocycles. The van der Waals surface area contributed by atoms with E-state index in [1.165, 1.54) is 23.0 Å². The van der Waals surface area contributed by atoms with E-state index in [-0.39, 0.29) is 11.3 Å². The number of hydrogen-bond acceptors (Lipinski definition) is 4. The number of fused-ring (bicyclic) bond motifs is 3. The van der Waals surface area contributed by atoms with Gasteiger partial charge in [0.2, 0.25) is 0 Å². The van der Waals surface area contributed by atoms with Gasteiger partial charge in [0.1, 0.15) is 11.5 Å². The average molecular weight is 375 g/mol. The molecule has 4 aromatic rings. The first-order chi connectivity index (χ1) is 12.9. The zero-order valence-corrected chi connectivity index (χ0v) is 13.9. The van der Waals surface area contributed by atoms with Gasteiger partial charge in [-0.25, -0.2) is 4.68 Å². The predicted octanol–water partition coefficient (Wildman–Crippen LogP) is 3.77. The van der Waals surface area contributed by atoms with Crippen LogP contribution in [0.5, 0.6) is 11.5 Å². The highest BCUT2D eigenvalue weighted by atomic mass is 19.4. The Morgan fingerprint density at radius 1 is 1.04 bits per heavy atom. The molecule has 0 amide bonds. The fourth-order valence-corrected chi connectivity index (χ4v) is 2.84. The molecule has 1 N–H and O–H groups in total. The zero-order chi connectivity index (χ0) is 19.2. The number of methoxy groups -OCH3 is 1. The lowest BCUT2D eigenvalue weighted by molar-refractivity contribution is -0.274. The second-order valence-corrected chi connectivity index (χ2v) is 5.72. The lowest BCUT2D eigenvalue weighted by Gasteiger charge is -2.09. The van der Waals surface area contributed by atoms with Crippen molar-refractivity contribution in [2.45, 2.75) is 6.36 Å². The van der Waals surface area contributed by atoms with Gasteiger partial charge in [-0.15, -0.1) is 13.2 Å². The fraction of sp³-hybridized carbons (Fsp3) is 0.111. The van der Waals surface area contributed by atoms with Gasteiger partial charge < -0.3 is 9.47 Å². The molecule has 9 heteroatoms. The first-order valence-corrected chi connectivity index (χ1v) is 7.79. The molecule has 0 unspecified atom stereocenters. The molecule has 0 fully saturated rings. The van der Waals surface area contributed by atoms with Crippen LogP contribution in [0.3, 0.4) is 0 Å². The standard InChI is InChI=1S/C18H12F3N3O3/c1-26-12-6-7-13-15(8-12)22-9-14-16(13)23-24(17(14)25)10-2-4-11(5-3-10)27-18(19,20)21/h2-9,23H,1H3. The van der Waals surface area contributed by atoms with Crippen molar-refractivity contribution in [1.82, 2.24) is 14.8 Å². The van der Waals surface area contributed by atoms with Crippen LogP contribution in [0.15, 0.2) is 53.5 Å². The van der Waals surface area contributed by atoms with Gasteiger partial charge in [-0.1, -0.05) is 0 Å². The highest BCUT2D eigenvalue weighted by molar-refractivity contribution is 6.03. The third kappa shape index (κ3) is 3.07. The van der Waals surface area contributed by atoms with Crippen molar-refractivity contribution < 1.29 is 22.6 Å². The molecule has 0 aliphatic rings. The summed E-state index contributed by atoms with van der Waals surface area (Å²) in [5.41, 5.74) is 1.22. The molecule has 2 heterocycles. The van der Waals surface area contributed by atoms with Crippen LogP contribution in [0, 0.1) is 0 Å². The van der Waals surface area contributed by atoms with E-state index in [0.29, 0.717) is 27.9 Å². The number of nitrogens with one attached hydrogen (secondary N) is 1. The zero-order valence-electron chi connectivity index (χ0n) is 13.9. The molecule has 0 aliphatic heterocycles. The van der Waals surface area contributed by atoms with Gasteiger partial charge in [-0.05, 0) is 36.4 Å². The van der Waals surface area contributed by atoms with E-state index in [4.69, 9.17) is 4.74 Å². The predicted molar refractivity (Wildman–Crippen MR) is 92.4 cm³/mol. The van der Waals surface area contributed by atoms with Gasteiger partial charge in [0.15, 0.2) is 0 Å². The Bertz CT molecular complexity index is 1190.